The van der Waals surface area contributed by atoms with Crippen molar-refractivity contribution in [1.29, 1.82) is 0 Å². The summed E-state index contributed by atoms with van der Waals surface area (Å²) in [5, 5.41) is 3.43. The Bertz CT molecular complexity index is 941. The molecule has 166 valence electrons. The van der Waals surface area contributed by atoms with E-state index in [1.54, 1.807) is 6.07 Å². The molecule has 2 aromatic rings. The minimum absolute atomic E-state index is 0.0348. The van der Waals surface area contributed by atoms with Crippen LogP contribution < -0.4 is 16.0 Å². The lowest BCUT2D eigenvalue weighted by Gasteiger charge is -2.40. The summed E-state index contributed by atoms with van der Waals surface area (Å²) in [5.74, 6) is -1.14. The molecule has 10 heteroatoms. The SMILES string of the molecule is Nc1ncnc(N2CCC[C@@H](N3CCCCC(Nc4cc(F)cc(Cl)c4)C3=O)C2)c1F. The van der Waals surface area contributed by atoms with Crippen LogP contribution in [0.5, 0.6) is 0 Å². The van der Waals surface area contributed by atoms with Crippen molar-refractivity contribution < 1.29 is 13.6 Å². The van der Waals surface area contributed by atoms with E-state index in [1.165, 1.54) is 18.5 Å². The lowest BCUT2D eigenvalue weighted by Crippen LogP contribution is -2.53. The minimum Gasteiger partial charge on any atom is -0.381 e. The number of nitrogens with zero attached hydrogens (tertiary/aromatic N) is 4. The summed E-state index contributed by atoms with van der Waals surface area (Å²) in [6.45, 7) is 1.74. The third-order valence-corrected chi connectivity index (χ3v) is 6.08. The zero-order valence-electron chi connectivity index (χ0n) is 17.0. The van der Waals surface area contributed by atoms with Crippen LogP contribution >= 0.6 is 11.6 Å². The fourth-order valence-corrected chi connectivity index (χ4v) is 4.62. The summed E-state index contributed by atoms with van der Waals surface area (Å²) in [4.78, 5) is 24.8. The molecule has 4 rings (SSSR count). The molecule has 1 amide bonds. The van der Waals surface area contributed by atoms with Gasteiger partial charge in [0, 0.05) is 36.4 Å². The predicted molar refractivity (Wildman–Crippen MR) is 116 cm³/mol. The Morgan fingerprint density at radius 3 is 2.74 bits per heavy atom. The van der Waals surface area contributed by atoms with Crippen molar-refractivity contribution in [2.75, 3.05) is 35.6 Å². The van der Waals surface area contributed by atoms with Gasteiger partial charge in [-0.15, -0.1) is 0 Å². The molecule has 1 aromatic heterocycles. The van der Waals surface area contributed by atoms with Crippen LogP contribution in [0.15, 0.2) is 24.5 Å². The number of likely N-dealkylation sites (tertiary alicyclic amines) is 1. The lowest BCUT2D eigenvalue weighted by molar-refractivity contribution is -0.134. The number of aromatic nitrogens is 2. The van der Waals surface area contributed by atoms with Crippen LogP contribution in [-0.2, 0) is 4.79 Å². The van der Waals surface area contributed by atoms with Gasteiger partial charge in [-0.25, -0.2) is 14.4 Å². The summed E-state index contributed by atoms with van der Waals surface area (Å²) in [6.07, 6.45) is 5.27. The number of nitrogens with one attached hydrogen (secondary N) is 1. The maximum Gasteiger partial charge on any atom is 0.245 e. The number of anilines is 3. The van der Waals surface area contributed by atoms with Crippen LogP contribution in [0.4, 0.5) is 26.1 Å². The molecular formula is C21H25ClF2N6O. The third-order valence-electron chi connectivity index (χ3n) is 5.86. The van der Waals surface area contributed by atoms with Crippen LogP contribution in [0, 0.1) is 11.6 Å². The highest BCUT2D eigenvalue weighted by Gasteiger charge is 2.35. The molecule has 3 N–H and O–H groups in total. The van der Waals surface area contributed by atoms with Crippen molar-refractivity contribution in [2.45, 2.75) is 44.2 Å². The summed E-state index contributed by atoms with van der Waals surface area (Å²) >= 11 is 5.95. The molecule has 0 spiro atoms. The number of carbonyl (C=O) groups is 1. The molecule has 2 saturated heterocycles. The Balaban J connectivity index is 1.51. The lowest BCUT2D eigenvalue weighted by atomic mass is 10.0. The first-order valence-corrected chi connectivity index (χ1v) is 10.8. The van der Waals surface area contributed by atoms with E-state index in [2.05, 4.69) is 15.3 Å². The second-order valence-electron chi connectivity index (χ2n) is 8.02. The van der Waals surface area contributed by atoms with Gasteiger partial charge in [0.25, 0.3) is 0 Å². The van der Waals surface area contributed by atoms with Gasteiger partial charge in [0.15, 0.2) is 11.6 Å². The maximum atomic E-state index is 14.4. The van der Waals surface area contributed by atoms with Gasteiger partial charge in [0.1, 0.15) is 18.2 Å². The van der Waals surface area contributed by atoms with E-state index in [0.29, 0.717) is 31.7 Å². The van der Waals surface area contributed by atoms with Gasteiger partial charge in [-0.05, 0) is 50.3 Å². The fourth-order valence-electron chi connectivity index (χ4n) is 4.39. The van der Waals surface area contributed by atoms with Crippen molar-refractivity contribution in [3.05, 3.63) is 41.2 Å². The molecule has 2 atom stereocenters. The zero-order chi connectivity index (χ0) is 22.0. The minimum atomic E-state index is -0.632. The molecule has 1 aromatic carbocycles. The second-order valence-corrected chi connectivity index (χ2v) is 8.46. The maximum absolute atomic E-state index is 14.4. The molecule has 1 unspecified atom stereocenters. The van der Waals surface area contributed by atoms with Gasteiger partial charge in [-0.3, -0.25) is 4.79 Å². The predicted octanol–water partition coefficient (Wildman–Crippen LogP) is 3.45. The molecule has 7 nitrogen and oxygen atoms in total. The number of nitrogens with two attached hydrogens (primary N) is 1. The van der Waals surface area contributed by atoms with Crippen LogP contribution in [0.2, 0.25) is 5.02 Å². The van der Waals surface area contributed by atoms with Crippen molar-refractivity contribution in [1.82, 2.24) is 14.9 Å². The van der Waals surface area contributed by atoms with E-state index >= 15 is 0 Å². The molecule has 0 saturated carbocycles. The van der Waals surface area contributed by atoms with Crippen LogP contribution in [0.25, 0.3) is 0 Å². The van der Waals surface area contributed by atoms with Crippen LogP contribution in [-0.4, -0.2) is 52.5 Å². The van der Waals surface area contributed by atoms with Gasteiger partial charge < -0.3 is 20.9 Å². The first-order valence-electron chi connectivity index (χ1n) is 10.5. The Labute approximate surface area is 184 Å². The number of carbonyl (C=O) groups excluding carboxylic acids is 1. The molecule has 31 heavy (non-hydrogen) atoms. The highest BCUT2D eigenvalue weighted by atomic mass is 35.5. The number of amides is 1. The highest BCUT2D eigenvalue weighted by molar-refractivity contribution is 6.30. The molecule has 0 radical (unpaired) electrons. The van der Waals surface area contributed by atoms with Gasteiger partial charge in [-0.2, -0.15) is 4.39 Å². The second kappa shape index (κ2) is 9.21. The molecule has 2 fully saturated rings. The summed E-state index contributed by atoms with van der Waals surface area (Å²) in [7, 11) is 0. The number of benzene rings is 1. The van der Waals surface area contributed by atoms with Gasteiger partial charge >= 0.3 is 0 Å². The van der Waals surface area contributed by atoms with E-state index in [-0.39, 0.29) is 28.6 Å². The topological polar surface area (TPSA) is 87.4 Å². The molecule has 2 aliphatic rings. The van der Waals surface area contributed by atoms with Crippen molar-refractivity contribution in [3.63, 3.8) is 0 Å². The van der Waals surface area contributed by atoms with Crippen molar-refractivity contribution in [3.8, 4) is 0 Å². The molecule has 0 bridgehead atoms. The van der Waals surface area contributed by atoms with Crippen molar-refractivity contribution in [2.24, 2.45) is 0 Å². The Kier molecular flexibility index (Phi) is 6.41. The molecule has 2 aliphatic heterocycles. The summed E-state index contributed by atoms with van der Waals surface area (Å²) < 4.78 is 28.2. The average molecular weight is 451 g/mol. The largest absolute Gasteiger partial charge is 0.381 e. The first kappa shape index (κ1) is 21.5. The standard InChI is InChI=1S/C21H25ClF2N6O/c22-13-8-14(23)10-15(9-13)28-17-5-1-2-7-30(21(17)31)16-4-3-6-29(11-16)20-18(24)19(25)26-12-27-20/h8-10,12,16-17,28H,1-7,11H2,(H2,25,26,27)/t16-,17?/m1/s1. The van der Waals surface area contributed by atoms with Gasteiger partial charge in [0.2, 0.25) is 11.7 Å². The fraction of sp³-hybridized carbons (Fsp3) is 0.476. The Morgan fingerprint density at radius 2 is 1.94 bits per heavy atom. The van der Waals surface area contributed by atoms with E-state index in [4.69, 9.17) is 17.3 Å². The summed E-state index contributed by atoms with van der Waals surface area (Å²) in [6, 6.07) is 3.62. The van der Waals surface area contributed by atoms with Gasteiger partial charge in [0.05, 0.1) is 0 Å². The number of nitrogen functional groups attached to an aromatic ring is 1. The number of piperidine rings is 1. The molecule has 0 aliphatic carbocycles. The molecular weight excluding hydrogens is 426 g/mol. The van der Waals surface area contributed by atoms with E-state index in [0.717, 1.165) is 25.7 Å². The Morgan fingerprint density at radius 1 is 1.10 bits per heavy atom. The zero-order valence-corrected chi connectivity index (χ0v) is 17.8. The third kappa shape index (κ3) is 4.81. The Hall–Kier alpha value is -2.68. The first-order chi connectivity index (χ1) is 14.9. The van der Waals surface area contributed by atoms with Gasteiger partial charge in [-0.1, -0.05) is 11.6 Å². The number of rotatable bonds is 4. The smallest absolute Gasteiger partial charge is 0.245 e. The van der Waals surface area contributed by atoms with E-state index < -0.39 is 17.7 Å². The number of hydrogen-bond donors (Lipinski definition) is 2. The number of halogens is 3. The quantitative estimate of drug-likeness (QED) is 0.741. The van der Waals surface area contributed by atoms with Crippen molar-refractivity contribution >= 4 is 34.8 Å². The van der Waals surface area contributed by atoms with Crippen LogP contribution in [0.1, 0.15) is 32.1 Å². The normalized spacial score (nSPS) is 22.4. The average Bonchev–Trinajstić information content (AvgIpc) is 2.91. The van der Waals surface area contributed by atoms with E-state index in [9.17, 15) is 13.6 Å². The monoisotopic (exact) mass is 450 g/mol. The van der Waals surface area contributed by atoms with Crippen LogP contribution in [0.3, 0.4) is 0 Å². The molecule has 3 heterocycles. The summed E-state index contributed by atoms with van der Waals surface area (Å²) in [5.41, 5.74) is 6.08. The highest BCUT2D eigenvalue weighted by Crippen LogP contribution is 2.28. The van der Waals surface area contributed by atoms with E-state index in [1.807, 2.05) is 9.80 Å². The number of hydrogen-bond acceptors (Lipinski definition) is 6.